The topological polar surface area (TPSA) is 97.5 Å². The number of nitrogens with two attached hydrogens (primary N) is 1. The predicted molar refractivity (Wildman–Crippen MR) is 81.2 cm³/mol. The summed E-state index contributed by atoms with van der Waals surface area (Å²) >= 11 is 0. The number of likely N-dealkylation sites (N-methyl/N-ethyl adjacent to an activating group) is 1. The third-order valence-electron chi connectivity index (χ3n) is 2.66. The van der Waals surface area contributed by atoms with Crippen molar-refractivity contribution in [2.24, 2.45) is 0 Å². The number of carbonyl (C=O) groups excluding carboxylic acids is 1. The molecule has 1 heterocycles. The Kier molecular flexibility index (Phi) is 6.64. The third-order valence-corrected chi connectivity index (χ3v) is 2.66. The van der Waals surface area contributed by atoms with Gasteiger partial charge in [0, 0.05) is 20.6 Å². The van der Waals surface area contributed by atoms with Gasteiger partial charge >= 0.3 is 6.01 Å². The molecule has 0 radical (unpaired) electrons. The highest BCUT2D eigenvalue weighted by molar-refractivity contribution is 5.80. The van der Waals surface area contributed by atoms with Gasteiger partial charge in [0.05, 0.1) is 13.2 Å². The lowest BCUT2D eigenvalue weighted by Crippen LogP contribution is -2.38. The Bertz CT molecular complexity index is 466. The first-order chi connectivity index (χ1) is 9.97. The molecule has 1 amide bonds. The first-order valence-electron chi connectivity index (χ1n) is 7.07. The monoisotopic (exact) mass is 296 g/mol. The molecule has 2 N–H and O–H groups in total. The number of rotatable bonds is 8. The second-order valence-corrected chi connectivity index (χ2v) is 4.83. The van der Waals surface area contributed by atoms with E-state index in [1.54, 1.807) is 19.0 Å². The molecule has 0 saturated carbocycles. The van der Waals surface area contributed by atoms with E-state index in [1.165, 1.54) is 4.90 Å². The largest absolute Gasteiger partial charge is 0.463 e. The fraction of sp³-hybridized carbons (Fsp3) is 0.692. The molecule has 0 bridgehead atoms. The van der Waals surface area contributed by atoms with E-state index in [2.05, 4.69) is 15.0 Å². The summed E-state index contributed by atoms with van der Waals surface area (Å²) in [7, 11) is 3.42. The standard InChI is InChI=1S/C13H24N6O2/c1-5-7-19(9-10(20)18(3)4)12-15-11(14)16-13(17-12)21-8-6-2/h5-9H2,1-4H3,(H2,14,15,16,17). The molecule has 0 spiro atoms. The van der Waals surface area contributed by atoms with Gasteiger partial charge in [-0.25, -0.2) is 0 Å². The number of aromatic nitrogens is 3. The van der Waals surface area contributed by atoms with E-state index in [1.807, 2.05) is 13.8 Å². The van der Waals surface area contributed by atoms with Crippen LogP contribution in [0.4, 0.5) is 11.9 Å². The van der Waals surface area contributed by atoms with Gasteiger partial charge in [-0.3, -0.25) is 4.79 Å². The summed E-state index contributed by atoms with van der Waals surface area (Å²) in [5, 5.41) is 0. The first-order valence-corrected chi connectivity index (χ1v) is 7.07. The van der Waals surface area contributed by atoms with Crippen molar-refractivity contribution in [3.05, 3.63) is 0 Å². The molecule has 0 aliphatic rings. The minimum absolute atomic E-state index is 0.0292. The molecular weight excluding hydrogens is 272 g/mol. The van der Waals surface area contributed by atoms with Gasteiger partial charge in [-0.1, -0.05) is 13.8 Å². The highest BCUT2D eigenvalue weighted by Gasteiger charge is 2.17. The molecule has 0 fully saturated rings. The molecule has 8 nitrogen and oxygen atoms in total. The molecule has 0 unspecified atom stereocenters. The summed E-state index contributed by atoms with van der Waals surface area (Å²) < 4.78 is 5.39. The van der Waals surface area contributed by atoms with Gasteiger partial charge in [-0.15, -0.1) is 0 Å². The van der Waals surface area contributed by atoms with Gasteiger partial charge in [0.25, 0.3) is 0 Å². The number of hydrogen-bond acceptors (Lipinski definition) is 7. The van der Waals surface area contributed by atoms with Crippen LogP contribution in [0, 0.1) is 0 Å². The molecule has 21 heavy (non-hydrogen) atoms. The lowest BCUT2D eigenvalue weighted by atomic mass is 10.4. The Labute approximate surface area is 125 Å². The highest BCUT2D eigenvalue weighted by Crippen LogP contribution is 2.14. The molecule has 8 heteroatoms. The van der Waals surface area contributed by atoms with Gasteiger partial charge in [0.2, 0.25) is 17.8 Å². The number of nitrogens with zero attached hydrogens (tertiary/aromatic N) is 5. The Morgan fingerprint density at radius 2 is 1.90 bits per heavy atom. The second kappa shape index (κ2) is 8.23. The van der Waals surface area contributed by atoms with Crippen LogP contribution in [0.5, 0.6) is 6.01 Å². The lowest BCUT2D eigenvalue weighted by Gasteiger charge is -2.23. The minimum Gasteiger partial charge on any atom is -0.463 e. The summed E-state index contributed by atoms with van der Waals surface area (Å²) in [5.41, 5.74) is 5.69. The maximum absolute atomic E-state index is 11.9. The Morgan fingerprint density at radius 1 is 1.19 bits per heavy atom. The molecule has 1 aromatic heterocycles. The highest BCUT2D eigenvalue weighted by atomic mass is 16.5. The lowest BCUT2D eigenvalue weighted by molar-refractivity contribution is -0.127. The zero-order valence-corrected chi connectivity index (χ0v) is 13.2. The van der Waals surface area contributed by atoms with Gasteiger partial charge in [-0.05, 0) is 12.8 Å². The fourth-order valence-electron chi connectivity index (χ4n) is 1.58. The van der Waals surface area contributed by atoms with E-state index in [0.717, 1.165) is 12.8 Å². The number of ether oxygens (including phenoxy) is 1. The summed E-state index contributed by atoms with van der Waals surface area (Å²) in [6, 6.07) is 0.192. The van der Waals surface area contributed by atoms with Crippen LogP contribution >= 0.6 is 0 Å². The van der Waals surface area contributed by atoms with Crippen LogP contribution in [0.1, 0.15) is 26.7 Å². The fourth-order valence-corrected chi connectivity index (χ4v) is 1.58. The molecule has 0 aliphatic carbocycles. The summed E-state index contributed by atoms with van der Waals surface area (Å²) in [5.74, 6) is 0.425. The van der Waals surface area contributed by atoms with Gasteiger partial charge in [0.1, 0.15) is 0 Å². The SMILES string of the molecule is CCCOc1nc(N)nc(N(CCC)CC(=O)N(C)C)n1. The van der Waals surface area contributed by atoms with E-state index >= 15 is 0 Å². The number of carbonyl (C=O) groups is 1. The predicted octanol–water partition coefficient (Wildman–Crippen LogP) is 0.547. The number of amides is 1. The summed E-state index contributed by atoms with van der Waals surface area (Å²) in [6.07, 6.45) is 1.70. The zero-order chi connectivity index (χ0) is 15.8. The van der Waals surface area contributed by atoms with Gasteiger partial charge in [-0.2, -0.15) is 15.0 Å². The van der Waals surface area contributed by atoms with Crippen molar-refractivity contribution >= 4 is 17.8 Å². The van der Waals surface area contributed by atoms with Crippen LogP contribution in [0.25, 0.3) is 0 Å². The van der Waals surface area contributed by atoms with E-state index in [9.17, 15) is 4.79 Å². The van der Waals surface area contributed by atoms with Crippen molar-refractivity contribution in [3.8, 4) is 6.01 Å². The van der Waals surface area contributed by atoms with Crippen molar-refractivity contribution in [1.29, 1.82) is 0 Å². The van der Waals surface area contributed by atoms with Crippen molar-refractivity contribution in [3.63, 3.8) is 0 Å². The normalized spacial score (nSPS) is 10.3. The Balaban J connectivity index is 2.95. The summed E-state index contributed by atoms with van der Waals surface area (Å²) in [6.45, 7) is 5.36. The van der Waals surface area contributed by atoms with E-state index in [-0.39, 0.29) is 24.4 Å². The third kappa shape index (κ3) is 5.41. The quantitative estimate of drug-likeness (QED) is 0.748. The van der Waals surface area contributed by atoms with Crippen LogP contribution in [-0.2, 0) is 4.79 Å². The number of anilines is 2. The van der Waals surface area contributed by atoms with E-state index in [0.29, 0.717) is 19.1 Å². The smallest absolute Gasteiger partial charge is 0.323 e. The number of hydrogen-bond donors (Lipinski definition) is 1. The molecular formula is C13H24N6O2. The van der Waals surface area contributed by atoms with Gasteiger partial charge < -0.3 is 20.3 Å². The van der Waals surface area contributed by atoms with Crippen LogP contribution in [0.3, 0.4) is 0 Å². The molecule has 0 aromatic carbocycles. The molecule has 118 valence electrons. The summed E-state index contributed by atoms with van der Waals surface area (Å²) in [4.78, 5) is 27.5. The first kappa shape index (κ1) is 16.9. The molecule has 0 saturated heterocycles. The molecule has 0 atom stereocenters. The number of nitrogen functional groups attached to an aromatic ring is 1. The van der Waals surface area contributed by atoms with Crippen LogP contribution in [0.15, 0.2) is 0 Å². The van der Waals surface area contributed by atoms with E-state index in [4.69, 9.17) is 10.5 Å². The van der Waals surface area contributed by atoms with Crippen molar-refractivity contribution < 1.29 is 9.53 Å². The van der Waals surface area contributed by atoms with Crippen molar-refractivity contribution in [2.45, 2.75) is 26.7 Å². The van der Waals surface area contributed by atoms with E-state index < -0.39 is 0 Å². The maximum atomic E-state index is 11.9. The second-order valence-electron chi connectivity index (χ2n) is 4.83. The van der Waals surface area contributed by atoms with Gasteiger partial charge in [0.15, 0.2) is 0 Å². The van der Waals surface area contributed by atoms with Crippen molar-refractivity contribution in [2.75, 3.05) is 44.4 Å². The maximum Gasteiger partial charge on any atom is 0.323 e. The molecule has 1 rings (SSSR count). The minimum atomic E-state index is -0.0292. The van der Waals surface area contributed by atoms with Crippen LogP contribution in [-0.4, -0.2) is 59.6 Å². The Morgan fingerprint density at radius 3 is 2.48 bits per heavy atom. The Hall–Kier alpha value is -2.12. The molecule has 0 aliphatic heterocycles. The average molecular weight is 296 g/mol. The average Bonchev–Trinajstić information content (AvgIpc) is 2.43. The zero-order valence-electron chi connectivity index (χ0n) is 13.2. The van der Waals surface area contributed by atoms with Crippen LogP contribution in [0.2, 0.25) is 0 Å². The molecule has 1 aromatic rings. The van der Waals surface area contributed by atoms with Crippen molar-refractivity contribution in [1.82, 2.24) is 19.9 Å². The van der Waals surface area contributed by atoms with Crippen LogP contribution < -0.4 is 15.4 Å².